The van der Waals surface area contributed by atoms with Crippen LogP contribution in [-0.2, 0) is 6.42 Å². The Morgan fingerprint density at radius 3 is 2.12 bits per heavy atom. The van der Waals surface area contributed by atoms with E-state index >= 15 is 0 Å². The second-order valence-corrected chi connectivity index (χ2v) is 8.58. The zero-order chi connectivity index (χ0) is 11.9. The molecule has 2 aromatic rings. The first-order chi connectivity index (χ1) is 8.34. The Hall–Kier alpha value is -0.770. The first-order valence-corrected chi connectivity index (χ1v) is 8.61. The first kappa shape index (κ1) is 12.7. The van der Waals surface area contributed by atoms with Crippen LogP contribution in [-0.4, -0.2) is 20.9 Å². The number of benzene rings is 2. The van der Waals surface area contributed by atoms with Crippen molar-refractivity contribution >= 4 is 24.5 Å². The van der Waals surface area contributed by atoms with Crippen LogP contribution in [0.2, 0.25) is 3.97 Å². The molecule has 0 amide bonds. The van der Waals surface area contributed by atoms with Gasteiger partial charge in [-0.25, -0.2) is 0 Å². The minimum absolute atomic E-state index is 0.0203. The second-order valence-electron chi connectivity index (χ2n) is 4.27. The molecule has 0 bridgehead atoms. The van der Waals surface area contributed by atoms with Crippen molar-refractivity contribution in [1.29, 1.82) is 0 Å². The third kappa shape index (κ3) is 4.54. The summed E-state index contributed by atoms with van der Waals surface area (Å²) < 4.78 is 2.46. The van der Waals surface area contributed by atoms with Gasteiger partial charge in [0.05, 0.1) is 0 Å². The Morgan fingerprint density at radius 2 is 1.47 bits per heavy atom. The second kappa shape index (κ2) is 6.84. The van der Waals surface area contributed by atoms with Gasteiger partial charge in [-0.2, -0.15) is 0 Å². The van der Waals surface area contributed by atoms with E-state index in [2.05, 4.69) is 67.6 Å². The Kier molecular flexibility index (Phi) is 5.10. The SMILES string of the molecule is CC(CCc1ccccc1)[Te]c1ccccc1. The van der Waals surface area contributed by atoms with Gasteiger partial charge in [0.25, 0.3) is 0 Å². The van der Waals surface area contributed by atoms with Crippen molar-refractivity contribution < 1.29 is 0 Å². The standard InChI is InChI=1S/C16H18Te/c1-14(17-16-10-6-3-7-11-16)12-13-15-8-4-2-5-9-15/h2-11,14H,12-13H2,1H3. The molecular formula is C16H18Te. The molecule has 17 heavy (non-hydrogen) atoms. The summed E-state index contributed by atoms with van der Waals surface area (Å²) in [5, 5.41) is 0. The molecular weight excluding hydrogens is 320 g/mol. The van der Waals surface area contributed by atoms with Crippen LogP contribution in [0.4, 0.5) is 0 Å². The minimum atomic E-state index is -0.0203. The maximum atomic E-state index is 2.40. The summed E-state index contributed by atoms with van der Waals surface area (Å²) in [4.78, 5) is 0. The van der Waals surface area contributed by atoms with Gasteiger partial charge < -0.3 is 0 Å². The van der Waals surface area contributed by atoms with E-state index in [1.165, 1.54) is 18.4 Å². The number of aryl methyl sites for hydroxylation is 1. The molecule has 0 N–H and O–H groups in total. The van der Waals surface area contributed by atoms with Gasteiger partial charge in [0.1, 0.15) is 0 Å². The molecule has 0 nitrogen and oxygen atoms in total. The van der Waals surface area contributed by atoms with Gasteiger partial charge in [-0.15, -0.1) is 0 Å². The molecule has 0 aliphatic heterocycles. The molecule has 0 fully saturated rings. The average molecular weight is 338 g/mol. The van der Waals surface area contributed by atoms with Crippen LogP contribution in [0.1, 0.15) is 18.9 Å². The van der Waals surface area contributed by atoms with Crippen molar-refractivity contribution in [2.45, 2.75) is 23.7 Å². The molecule has 88 valence electrons. The zero-order valence-electron chi connectivity index (χ0n) is 10.2. The Bertz CT molecular complexity index is 422. The van der Waals surface area contributed by atoms with Crippen LogP contribution in [0.5, 0.6) is 0 Å². The Balaban J connectivity index is 1.80. The van der Waals surface area contributed by atoms with Gasteiger partial charge in [-0.3, -0.25) is 0 Å². The van der Waals surface area contributed by atoms with Crippen molar-refractivity contribution in [2.24, 2.45) is 0 Å². The summed E-state index contributed by atoms with van der Waals surface area (Å²) >= 11 is -0.0203. The van der Waals surface area contributed by atoms with E-state index in [0.717, 1.165) is 3.97 Å². The van der Waals surface area contributed by atoms with Gasteiger partial charge in [-0.05, 0) is 0 Å². The number of rotatable bonds is 5. The Morgan fingerprint density at radius 1 is 0.882 bits per heavy atom. The van der Waals surface area contributed by atoms with E-state index in [-0.39, 0.29) is 20.9 Å². The van der Waals surface area contributed by atoms with E-state index in [1.807, 2.05) is 0 Å². The van der Waals surface area contributed by atoms with Crippen LogP contribution < -0.4 is 3.61 Å². The quantitative estimate of drug-likeness (QED) is 0.733. The third-order valence-electron chi connectivity index (χ3n) is 2.76. The molecule has 0 spiro atoms. The fourth-order valence-electron chi connectivity index (χ4n) is 1.80. The van der Waals surface area contributed by atoms with Crippen molar-refractivity contribution in [3.8, 4) is 0 Å². The molecule has 0 aliphatic carbocycles. The molecule has 0 aromatic heterocycles. The summed E-state index contributed by atoms with van der Waals surface area (Å²) in [6.07, 6.45) is 2.54. The summed E-state index contributed by atoms with van der Waals surface area (Å²) in [7, 11) is 0. The van der Waals surface area contributed by atoms with Gasteiger partial charge in [-0.1, -0.05) is 0 Å². The topological polar surface area (TPSA) is 0 Å². The van der Waals surface area contributed by atoms with Crippen molar-refractivity contribution in [2.75, 3.05) is 0 Å². The summed E-state index contributed by atoms with van der Waals surface area (Å²) in [6, 6.07) is 21.8. The molecule has 1 atom stereocenters. The van der Waals surface area contributed by atoms with E-state index in [4.69, 9.17) is 0 Å². The van der Waals surface area contributed by atoms with E-state index in [0.29, 0.717) is 0 Å². The van der Waals surface area contributed by atoms with Crippen LogP contribution >= 0.6 is 0 Å². The fraction of sp³-hybridized carbons (Fsp3) is 0.250. The van der Waals surface area contributed by atoms with E-state index < -0.39 is 0 Å². The van der Waals surface area contributed by atoms with Crippen molar-refractivity contribution in [3.63, 3.8) is 0 Å². The molecule has 0 saturated carbocycles. The molecule has 0 saturated heterocycles. The third-order valence-corrected chi connectivity index (χ3v) is 6.14. The summed E-state index contributed by atoms with van der Waals surface area (Å²) in [5.74, 6) is 0. The molecule has 0 heterocycles. The number of hydrogen-bond acceptors (Lipinski definition) is 0. The van der Waals surface area contributed by atoms with Crippen LogP contribution in [0.3, 0.4) is 0 Å². The Labute approximate surface area is 114 Å². The summed E-state index contributed by atoms with van der Waals surface area (Å²) in [5.41, 5.74) is 1.47. The maximum absolute atomic E-state index is 2.40. The molecule has 1 heteroatoms. The fourth-order valence-corrected chi connectivity index (χ4v) is 4.70. The van der Waals surface area contributed by atoms with Crippen LogP contribution in [0.25, 0.3) is 0 Å². The predicted octanol–water partition coefficient (Wildman–Crippen LogP) is 3.46. The molecule has 0 radical (unpaired) electrons. The molecule has 0 aliphatic rings. The normalized spacial score (nSPS) is 12.3. The van der Waals surface area contributed by atoms with Crippen molar-refractivity contribution in [3.05, 3.63) is 66.2 Å². The van der Waals surface area contributed by atoms with E-state index in [9.17, 15) is 0 Å². The number of hydrogen-bond donors (Lipinski definition) is 0. The van der Waals surface area contributed by atoms with Crippen LogP contribution in [0.15, 0.2) is 60.7 Å². The van der Waals surface area contributed by atoms with Gasteiger partial charge >= 0.3 is 114 Å². The van der Waals surface area contributed by atoms with E-state index in [1.54, 1.807) is 3.61 Å². The average Bonchev–Trinajstić information content (AvgIpc) is 2.39. The first-order valence-electron chi connectivity index (χ1n) is 6.10. The van der Waals surface area contributed by atoms with Gasteiger partial charge in [0, 0.05) is 0 Å². The van der Waals surface area contributed by atoms with Crippen LogP contribution in [0, 0.1) is 0 Å². The van der Waals surface area contributed by atoms with Gasteiger partial charge in [0.2, 0.25) is 0 Å². The predicted molar refractivity (Wildman–Crippen MR) is 76.0 cm³/mol. The molecule has 2 aromatic carbocycles. The van der Waals surface area contributed by atoms with Crippen molar-refractivity contribution in [1.82, 2.24) is 0 Å². The monoisotopic (exact) mass is 340 g/mol. The molecule has 1 unspecified atom stereocenters. The summed E-state index contributed by atoms with van der Waals surface area (Å²) in [6.45, 7) is 2.40. The zero-order valence-corrected chi connectivity index (χ0v) is 12.5. The van der Waals surface area contributed by atoms with Gasteiger partial charge in [0.15, 0.2) is 0 Å². The molecule has 2 rings (SSSR count).